The fourth-order valence-corrected chi connectivity index (χ4v) is 5.43. The van der Waals surface area contributed by atoms with Crippen LogP contribution in [0.25, 0.3) is 0 Å². The van der Waals surface area contributed by atoms with Gasteiger partial charge in [0, 0.05) is 44.6 Å². The molecule has 1 saturated carbocycles. The highest BCUT2D eigenvalue weighted by Crippen LogP contribution is 2.24. The SMILES string of the molecule is O=C(NO)c1cnc(N2CCC(NCc3ccc(CN[C@H](C(=O)OC4CCCC4)c4ccccc4)cc3)CC2)nc1. The molecule has 2 aliphatic rings. The van der Waals surface area contributed by atoms with Gasteiger partial charge in [0.1, 0.15) is 12.1 Å². The van der Waals surface area contributed by atoms with E-state index in [0.29, 0.717) is 18.5 Å². The zero-order valence-electron chi connectivity index (χ0n) is 23.2. The van der Waals surface area contributed by atoms with Gasteiger partial charge in [-0.1, -0.05) is 54.6 Å². The monoisotopic (exact) mass is 558 g/mol. The van der Waals surface area contributed by atoms with E-state index >= 15 is 0 Å². The van der Waals surface area contributed by atoms with Crippen molar-refractivity contribution < 1.29 is 19.5 Å². The van der Waals surface area contributed by atoms with Gasteiger partial charge in [-0.05, 0) is 55.2 Å². The van der Waals surface area contributed by atoms with Crippen molar-refractivity contribution in [3.05, 3.63) is 89.2 Å². The number of carbonyl (C=O) groups excluding carboxylic acids is 2. The molecular weight excluding hydrogens is 520 g/mol. The molecule has 2 aromatic carbocycles. The Balaban J connectivity index is 1.08. The number of hydroxylamine groups is 1. The Kier molecular flexibility index (Phi) is 9.90. The standard InChI is InChI=1S/C31H38N6O4/c38-29(36-40)25-20-34-31(35-21-25)37-16-14-26(15-17-37)32-18-22-10-12-23(13-11-22)19-33-28(24-6-2-1-3-7-24)30(39)41-27-8-4-5-9-27/h1-3,6-7,10-13,20-21,26-28,32-33,40H,4-5,8-9,14-19H2,(H,36,38)/t28-/m0/s1. The summed E-state index contributed by atoms with van der Waals surface area (Å²) in [5, 5.41) is 15.8. The maximum atomic E-state index is 13.0. The maximum absolute atomic E-state index is 13.0. The minimum Gasteiger partial charge on any atom is -0.461 e. The molecule has 0 unspecified atom stereocenters. The highest BCUT2D eigenvalue weighted by Gasteiger charge is 2.26. The molecule has 0 spiro atoms. The first-order valence-electron chi connectivity index (χ1n) is 14.4. The number of carbonyl (C=O) groups is 2. The molecule has 1 aromatic heterocycles. The minimum absolute atomic E-state index is 0.0384. The maximum Gasteiger partial charge on any atom is 0.328 e. The van der Waals surface area contributed by atoms with Crippen LogP contribution < -0.4 is 21.0 Å². The van der Waals surface area contributed by atoms with Crippen LogP contribution in [0.4, 0.5) is 5.95 Å². The van der Waals surface area contributed by atoms with Gasteiger partial charge in [0.2, 0.25) is 5.95 Å². The third-order valence-corrected chi connectivity index (χ3v) is 7.86. The molecule has 41 heavy (non-hydrogen) atoms. The van der Waals surface area contributed by atoms with E-state index in [0.717, 1.165) is 69.3 Å². The van der Waals surface area contributed by atoms with Crippen LogP contribution in [0.15, 0.2) is 67.0 Å². The van der Waals surface area contributed by atoms with Crippen molar-refractivity contribution in [3.63, 3.8) is 0 Å². The summed E-state index contributed by atoms with van der Waals surface area (Å²) in [6, 6.07) is 18.2. The summed E-state index contributed by atoms with van der Waals surface area (Å²) in [6.07, 6.45) is 8.96. The molecular formula is C31H38N6O4. The largest absolute Gasteiger partial charge is 0.461 e. The summed E-state index contributed by atoms with van der Waals surface area (Å²) in [6.45, 7) is 2.98. The predicted octanol–water partition coefficient (Wildman–Crippen LogP) is 3.67. The fourth-order valence-electron chi connectivity index (χ4n) is 5.43. The second kappa shape index (κ2) is 14.2. The van der Waals surface area contributed by atoms with E-state index in [2.05, 4.69) is 49.8 Å². The van der Waals surface area contributed by atoms with Gasteiger partial charge in [0.05, 0.1) is 5.56 Å². The van der Waals surface area contributed by atoms with E-state index in [1.165, 1.54) is 18.0 Å². The molecule has 1 aliphatic heterocycles. The first-order chi connectivity index (χ1) is 20.1. The summed E-state index contributed by atoms with van der Waals surface area (Å²) in [5.74, 6) is -0.240. The predicted molar refractivity (Wildman–Crippen MR) is 154 cm³/mol. The Morgan fingerprint density at radius 3 is 2.17 bits per heavy atom. The fraction of sp³-hybridized carbons (Fsp3) is 0.419. The number of nitrogens with zero attached hydrogens (tertiary/aromatic N) is 3. The van der Waals surface area contributed by atoms with E-state index in [4.69, 9.17) is 9.94 Å². The third-order valence-electron chi connectivity index (χ3n) is 7.86. The van der Waals surface area contributed by atoms with Gasteiger partial charge in [-0.3, -0.25) is 15.3 Å². The quantitative estimate of drug-likeness (QED) is 0.158. The highest BCUT2D eigenvalue weighted by atomic mass is 16.5. The van der Waals surface area contributed by atoms with Crippen molar-refractivity contribution in [2.24, 2.45) is 0 Å². The van der Waals surface area contributed by atoms with Gasteiger partial charge >= 0.3 is 5.97 Å². The molecule has 1 atom stereocenters. The Labute approximate surface area is 240 Å². The zero-order chi connectivity index (χ0) is 28.4. The smallest absolute Gasteiger partial charge is 0.328 e. The number of benzene rings is 2. The van der Waals surface area contributed by atoms with Crippen LogP contribution in [-0.2, 0) is 22.6 Å². The third kappa shape index (κ3) is 7.87. The molecule has 1 saturated heterocycles. The molecule has 10 heteroatoms. The Hall–Kier alpha value is -3.86. The number of amides is 1. The molecule has 0 bridgehead atoms. The normalized spacial score (nSPS) is 16.9. The highest BCUT2D eigenvalue weighted by molar-refractivity contribution is 5.92. The van der Waals surface area contributed by atoms with Gasteiger partial charge in [-0.25, -0.2) is 20.2 Å². The van der Waals surface area contributed by atoms with E-state index in [1.807, 2.05) is 30.3 Å². The van der Waals surface area contributed by atoms with Gasteiger partial charge in [-0.15, -0.1) is 0 Å². The van der Waals surface area contributed by atoms with E-state index in [-0.39, 0.29) is 17.6 Å². The van der Waals surface area contributed by atoms with E-state index < -0.39 is 11.9 Å². The van der Waals surface area contributed by atoms with Crippen LogP contribution in [0.5, 0.6) is 0 Å². The lowest BCUT2D eigenvalue weighted by Crippen LogP contribution is -2.43. The van der Waals surface area contributed by atoms with Gasteiger partial charge < -0.3 is 15.0 Å². The van der Waals surface area contributed by atoms with Gasteiger partial charge in [0.25, 0.3) is 5.91 Å². The van der Waals surface area contributed by atoms with Crippen LogP contribution in [0, 0.1) is 0 Å². The Morgan fingerprint density at radius 1 is 0.902 bits per heavy atom. The second-order valence-electron chi connectivity index (χ2n) is 10.7. The van der Waals surface area contributed by atoms with E-state index in [9.17, 15) is 9.59 Å². The zero-order valence-corrected chi connectivity index (χ0v) is 23.2. The van der Waals surface area contributed by atoms with Crippen molar-refractivity contribution in [1.82, 2.24) is 26.1 Å². The number of hydrogen-bond acceptors (Lipinski definition) is 9. The lowest BCUT2D eigenvalue weighted by Gasteiger charge is -2.32. The lowest BCUT2D eigenvalue weighted by atomic mass is 10.0. The number of aromatic nitrogens is 2. The summed E-state index contributed by atoms with van der Waals surface area (Å²) in [5.41, 5.74) is 5.04. The summed E-state index contributed by atoms with van der Waals surface area (Å²) >= 11 is 0. The number of ether oxygens (including phenoxy) is 1. The minimum atomic E-state index is -0.626. The van der Waals surface area contributed by atoms with Crippen LogP contribution in [-0.4, -0.2) is 52.3 Å². The average Bonchev–Trinajstić information content (AvgIpc) is 3.54. The molecule has 2 heterocycles. The molecule has 0 radical (unpaired) electrons. The van der Waals surface area contributed by atoms with Crippen LogP contribution in [0.3, 0.4) is 0 Å². The summed E-state index contributed by atoms with van der Waals surface area (Å²) < 4.78 is 5.83. The van der Waals surface area contributed by atoms with E-state index in [1.54, 1.807) is 5.48 Å². The van der Waals surface area contributed by atoms with Crippen LogP contribution >= 0.6 is 0 Å². The van der Waals surface area contributed by atoms with Crippen molar-refractivity contribution in [3.8, 4) is 0 Å². The molecule has 1 amide bonds. The number of piperidine rings is 1. The number of rotatable bonds is 11. The first-order valence-corrected chi connectivity index (χ1v) is 14.4. The molecule has 10 nitrogen and oxygen atoms in total. The number of esters is 1. The van der Waals surface area contributed by atoms with Crippen molar-refractivity contribution in [1.29, 1.82) is 0 Å². The van der Waals surface area contributed by atoms with Gasteiger partial charge in [0.15, 0.2) is 0 Å². The first kappa shape index (κ1) is 28.7. The number of nitrogens with one attached hydrogen (secondary N) is 3. The Morgan fingerprint density at radius 2 is 1.54 bits per heavy atom. The van der Waals surface area contributed by atoms with Gasteiger partial charge in [-0.2, -0.15) is 0 Å². The van der Waals surface area contributed by atoms with Crippen molar-refractivity contribution in [2.45, 2.75) is 69.8 Å². The van der Waals surface area contributed by atoms with Crippen LogP contribution in [0.1, 0.15) is 71.6 Å². The van der Waals surface area contributed by atoms with Crippen molar-refractivity contribution in [2.75, 3.05) is 18.0 Å². The average molecular weight is 559 g/mol. The number of hydrogen-bond donors (Lipinski definition) is 4. The van der Waals surface area contributed by atoms with Crippen molar-refractivity contribution >= 4 is 17.8 Å². The molecule has 4 N–H and O–H groups in total. The lowest BCUT2D eigenvalue weighted by molar-refractivity contribution is -0.151. The van der Waals surface area contributed by atoms with Crippen LogP contribution in [0.2, 0.25) is 0 Å². The number of anilines is 1. The second-order valence-corrected chi connectivity index (χ2v) is 10.7. The Bertz CT molecular complexity index is 1260. The molecule has 2 fully saturated rings. The summed E-state index contributed by atoms with van der Waals surface area (Å²) in [4.78, 5) is 35.1. The summed E-state index contributed by atoms with van der Waals surface area (Å²) in [7, 11) is 0. The molecule has 5 rings (SSSR count). The molecule has 1 aliphatic carbocycles. The topological polar surface area (TPSA) is 129 Å². The molecule has 216 valence electrons. The molecule has 3 aromatic rings.